The molecule has 2 rings (SSSR count). The van der Waals surface area contributed by atoms with Crippen molar-refractivity contribution in [3.63, 3.8) is 0 Å². The fraction of sp³-hybridized carbons (Fsp3) is 0.267. The van der Waals surface area contributed by atoms with Gasteiger partial charge < -0.3 is 14.4 Å². The number of aliphatic hydroxyl groups excluding tert-OH is 1. The number of rotatable bonds is 5. The Kier molecular flexibility index (Phi) is 4.57. The Morgan fingerprint density at radius 2 is 1.95 bits per heavy atom. The van der Waals surface area contributed by atoms with Crippen LogP contribution in [-0.4, -0.2) is 21.7 Å². The summed E-state index contributed by atoms with van der Waals surface area (Å²) >= 11 is 0. The van der Waals surface area contributed by atoms with Crippen molar-refractivity contribution in [3.05, 3.63) is 68.1 Å². The zero-order chi connectivity index (χ0) is 16.3. The van der Waals surface area contributed by atoms with Gasteiger partial charge in [0.05, 0.1) is 30.2 Å². The third-order valence-corrected chi connectivity index (χ3v) is 3.32. The van der Waals surface area contributed by atoms with Gasteiger partial charge in [-0.25, -0.2) is 0 Å². The molecule has 1 aromatic carbocycles. The van der Waals surface area contributed by atoms with Gasteiger partial charge in [-0.1, -0.05) is 12.1 Å². The number of aliphatic hydroxyl groups is 1. The molecule has 0 amide bonds. The summed E-state index contributed by atoms with van der Waals surface area (Å²) < 4.78 is 6.29. The van der Waals surface area contributed by atoms with Crippen molar-refractivity contribution in [2.75, 3.05) is 7.11 Å². The zero-order valence-electron chi connectivity index (χ0n) is 12.2. The van der Waals surface area contributed by atoms with Gasteiger partial charge in [-0.2, -0.15) is 0 Å². The van der Waals surface area contributed by atoms with Crippen LogP contribution in [0.1, 0.15) is 24.2 Å². The van der Waals surface area contributed by atoms with Crippen molar-refractivity contribution in [2.45, 2.75) is 19.6 Å². The van der Waals surface area contributed by atoms with Crippen molar-refractivity contribution in [1.82, 2.24) is 4.57 Å². The molecule has 0 aliphatic carbocycles. The fourth-order valence-electron chi connectivity index (χ4n) is 2.15. The Morgan fingerprint density at radius 1 is 1.32 bits per heavy atom. The van der Waals surface area contributed by atoms with Crippen LogP contribution in [0.5, 0.6) is 5.75 Å². The number of hydrogen-bond acceptors (Lipinski definition) is 5. The Labute approximate surface area is 126 Å². The number of aromatic nitrogens is 1. The van der Waals surface area contributed by atoms with E-state index in [1.807, 2.05) is 0 Å². The highest BCUT2D eigenvalue weighted by molar-refractivity contribution is 5.39. The first kappa shape index (κ1) is 15.7. The van der Waals surface area contributed by atoms with Gasteiger partial charge in [0, 0.05) is 6.20 Å². The molecule has 0 spiro atoms. The van der Waals surface area contributed by atoms with Crippen LogP contribution in [0.2, 0.25) is 0 Å². The molecular weight excluding hydrogens is 288 g/mol. The number of ether oxygens (including phenoxy) is 1. The number of methoxy groups -OCH3 is 1. The molecule has 0 aliphatic heterocycles. The van der Waals surface area contributed by atoms with Gasteiger partial charge in [0.25, 0.3) is 0 Å². The minimum atomic E-state index is -1.08. The van der Waals surface area contributed by atoms with E-state index in [1.54, 1.807) is 31.4 Å². The maximum absolute atomic E-state index is 12.2. The maximum atomic E-state index is 12.2. The van der Waals surface area contributed by atoms with Crippen LogP contribution in [0.15, 0.2) is 41.3 Å². The number of pyridine rings is 1. The average Bonchev–Trinajstić information content (AvgIpc) is 2.49. The molecule has 7 heteroatoms. The smallest absolute Gasteiger partial charge is 0.339 e. The normalized spacial score (nSPS) is 12.0. The number of nitrogens with zero attached hydrogens (tertiary/aromatic N) is 2. The summed E-state index contributed by atoms with van der Waals surface area (Å²) in [7, 11) is 1.55. The average molecular weight is 304 g/mol. The Hall–Kier alpha value is -2.67. The Balaban J connectivity index is 2.41. The third-order valence-electron chi connectivity index (χ3n) is 3.32. The SMILES string of the molecule is COc1ccc(Cn2ccc(C(C)O)c([N+](=O)[O-])c2=O)cc1. The van der Waals surface area contributed by atoms with Crippen molar-refractivity contribution >= 4 is 5.69 Å². The topological polar surface area (TPSA) is 94.6 Å². The van der Waals surface area contributed by atoms with Crippen molar-refractivity contribution in [1.29, 1.82) is 0 Å². The first-order valence-corrected chi connectivity index (χ1v) is 6.62. The fourth-order valence-corrected chi connectivity index (χ4v) is 2.15. The van der Waals surface area contributed by atoms with Crippen LogP contribution in [0, 0.1) is 10.1 Å². The summed E-state index contributed by atoms with van der Waals surface area (Å²) in [5, 5.41) is 20.6. The highest BCUT2D eigenvalue weighted by atomic mass is 16.6. The second kappa shape index (κ2) is 6.40. The quantitative estimate of drug-likeness (QED) is 0.672. The molecule has 0 radical (unpaired) electrons. The molecule has 1 N–H and O–H groups in total. The predicted octanol–water partition coefficient (Wildman–Crippen LogP) is 1.87. The van der Waals surface area contributed by atoms with Crippen molar-refractivity contribution in [2.24, 2.45) is 0 Å². The molecule has 0 saturated heterocycles. The second-order valence-corrected chi connectivity index (χ2v) is 4.83. The monoisotopic (exact) mass is 304 g/mol. The van der Waals surface area contributed by atoms with E-state index < -0.39 is 22.3 Å². The maximum Gasteiger partial charge on any atom is 0.339 e. The molecule has 0 aliphatic rings. The molecule has 116 valence electrons. The first-order valence-electron chi connectivity index (χ1n) is 6.62. The van der Waals surface area contributed by atoms with Crippen molar-refractivity contribution in [3.8, 4) is 5.75 Å². The molecule has 1 aromatic heterocycles. The van der Waals surface area contributed by atoms with E-state index in [-0.39, 0.29) is 12.1 Å². The zero-order valence-corrected chi connectivity index (χ0v) is 12.2. The molecule has 0 fully saturated rings. The summed E-state index contributed by atoms with van der Waals surface area (Å²) in [4.78, 5) is 22.6. The van der Waals surface area contributed by atoms with E-state index in [2.05, 4.69) is 0 Å². The van der Waals surface area contributed by atoms with E-state index in [1.165, 1.54) is 23.8 Å². The van der Waals surface area contributed by atoms with E-state index in [0.717, 1.165) is 5.56 Å². The number of hydrogen-bond donors (Lipinski definition) is 1. The van der Waals surface area contributed by atoms with E-state index in [4.69, 9.17) is 4.74 Å². The highest BCUT2D eigenvalue weighted by Gasteiger charge is 2.23. The summed E-state index contributed by atoms with van der Waals surface area (Å²) in [5.41, 5.74) is -0.506. The molecule has 7 nitrogen and oxygen atoms in total. The van der Waals surface area contributed by atoms with Gasteiger partial charge >= 0.3 is 11.2 Å². The predicted molar refractivity (Wildman–Crippen MR) is 80.1 cm³/mol. The molecular formula is C15H16N2O5. The Bertz CT molecular complexity index is 735. The second-order valence-electron chi connectivity index (χ2n) is 4.83. The molecule has 2 aromatic rings. The van der Waals surface area contributed by atoms with E-state index in [9.17, 15) is 20.0 Å². The van der Waals surface area contributed by atoms with Crippen LogP contribution < -0.4 is 10.3 Å². The standard InChI is InChI=1S/C15H16N2O5/c1-10(18)13-7-8-16(15(19)14(13)17(20)21)9-11-3-5-12(22-2)6-4-11/h3-8,10,18H,9H2,1-2H3. The lowest BCUT2D eigenvalue weighted by molar-refractivity contribution is -0.387. The molecule has 1 unspecified atom stereocenters. The number of nitro groups is 1. The number of benzene rings is 1. The first-order chi connectivity index (χ1) is 10.4. The summed E-state index contributed by atoms with van der Waals surface area (Å²) in [5.74, 6) is 0.687. The Morgan fingerprint density at radius 3 is 2.45 bits per heavy atom. The van der Waals surface area contributed by atoms with Gasteiger partial charge in [-0.3, -0.25) is 14.9 Å². The highest BCUT2D eigenvalue weighted by Crippen LogP contribution is 2.21. The minimum Gasteiger partial charge on any atom is -0.497 e. The molecule has 1 atom stereocenters. The molecule has 22 heavy (non-hydrogen) atoms. The van der Waals surface area contributed by atoms with Gasteiger partial charge in [0.2, 0.25) is 0 Å². The van der Waals surface area contributed by atoms with Crippen LogP contribution in [0.4, 0.5) is 5.69 Å². The van der Waals surface area contributed by atoms with Crippen LogP contribution in [-0.2, 0) is 6.54 Å². The van der Waals surface area contributed by atoms with Gasteiger partial charge in [0.1, 0.15) is 5.75 Å². The summed E-state index contributed by atoms with van der Waals surface area (Å²) in [6, 6.07) is 8.45. The minimum absolute atomic E-state index is 0.0148. The van der Waals surface area contributed by atoms with Gasteiger partial charge in [-0.05, 0) is 30.7 Å². The van der Waals surface area contributed by atoms with Gasteiger partial charge in [0.15, 0.2) is 0 Å². The molecule has 0 bridgehead atoms. The lowest BCUT2D eigenvalue weighted by Gasteiger charge is -2.10. The summed E-state index contributed by atoms with van der Waals surface area (Å²) in [6.45, 7) is 1.58. The lowest BCUT2D eigenvalue weighted by Crippen LogP contribution is -2.24. The van der Waals surface area contributed by atoms with Crippen LogP contribution in [0.25, 0.3) is 0 Å². The lowest BCUT2D eigenvalue weighted by atomic mass is 10.1. The largest absolute Gasteiger partial charge is 0.497 e. The van der Waals surface area contributed by atoms with E-state index >= 15 is 0 Å². The van der Waals surface area contributed by atoms with Crippen molar-refractivity contribution < 1.29 is 14.8 Å². The van der Waals surface area contributed by atoms with E-state index in [0.29, 0.717) is 5.75 Å². The van der Waals surface area contributed by atoms with Crippen LogP contribution >= 0.6 is 0 Å². The molecule has 0 saturated carbocycles. The molecule has 1 heterocycles. The van der Waals surface area contributed by atoms with Crippen LogP contribution in [0.3, 0.4) is 0 Å². The van der Waals surface area contributed by atoms with Gasteiger partial charge in [-0.15, -0.1) is 0 Å². The summed E-state index contributed by atoms with van der Waals surface area (Å²) in [6.07, 6.45) is 0.366. The third kappa shape index (κ3) is 3.15.